The summed E-state index contributed by atoms with van der Waals surface area (Å²) in [6.45, 7) is 6.00. The Morgan fingerprint density at radius 3 is 2.69 bits per heavy atom. The zero-order valence-corrected chi connectivity index (χ0v) is 8.26. The van der Waals surface area contributed by atoms with E-state index in [-0.39, 0.29) is 5.78 Å². The average Bonchev–Trinajstić information content (AvgIpc) is 2.08. The third kappa shape index (κ3) is 2.08. The maximum atomic E-state index is 11.2. The molecule has 0 saturated heterocycles. The standard InChI is InChI=1S/C11H14O2/c1-4-13-11-8(2)6-5-7-10(11)9(3)12/h5-7H,4H2,1-3H3. The molecule has 0 spiro atoms. The van der Waals surface area contributed by atoms with E-state index in [4.69, 9.17) is 4.74 Å². The number of rotatable bonds is 3. The van der Waals surface area contributed by atoms with Crippen LogP contribution in [-0.4, -0.2) is 12.4 Å². The molecule has 13 heavy (non-hydrogen) atoms. The topological polar surface area (TPSA) is 26.3 Å². The summed E-state index contributed by atoms with van der Waals surface area (Å²) in [6, 6.07) is 5.60. The molecule has 70 valence electrons. The van der Waals surface area contributed by atoms with Crippen molar-refractivity contribution in [2.45, 2.75) is 20.8 Å². The molecular weight excluding hydrogens is 164 g/mol. The number of carbonyl (C=O) groups excluding carboxylic acids is 1. The fourth-order valence-corrected chi connectivity index (χ4v) is 1.27. The number of benzene rings is 1. The van der Waals surface area contributed by atoms with Gasteiger partial charge in [-0.2, -0.15) is 0 Å². The van der Waals surface area contributed by atoms with Crippen molar-refractivity contribution >= 4 is 5.78 Å². The number of para-hydroxylation sites is 1. The fourth-order valence-electron chi connectivity index (χ4n) is 1.27. The summed E-state index contributed by atoms with van der Waals surface area (Å²) in [4.78, 5) is 11.2. The molecule has 0 aliphatic carbocycles. The van der Waals surface area contributed by atoms with Crippen LogP contribution >= 0.6 is 0 Å². The lowest BCUT2D eigenvalue weighted by Gasteiger charge is -2.10. The van der Waals surface area contributed by atoms with Crippen LogP contribution < -0.4 is 4.74 Å². The number of carbonyl (C=O) groups is 1. The molecule has 1 aromatic rings. The van der Waals surface area contributed by atoms with Gasteiger partial charge in [0, 0.05) is 0 Å². The largest absolute Gasteiger partial charge is 0.493 e. The minimum absolute atomic E-state index is 0.0483. The van der Waals surface area contributed by atoms with Crippen LogP contribution in [0.1, 0.15) is 29.8 Å². The Morgan fingerprint density at radius 1 is 1.46 bits per heavy atom. The Balaban J connectivity index is 3.17. The van der Waals surface area contributed by atoms with E-state index in [1.165, 1.54) is 0 Å². The minimum atomic E-state index is 0.0483. The van der Waals surface area contributed by atoms with Crippen LogP contribution in [0, 0.1) is 6.92 Å². The predicted molar refractivity (Wildman–Crippen MR) is 52.4 cm³/mol. The summed E-state index contributed by atoms with van der Waals surface area (Å²) in [5, 5.41) is 0. The zero-order chi connectivity index (χ0) is 9.84. The Bertz CT molecular complexity index is 316. The van der Waals surface area contributed by atoms with Gasteiger partial charge in [0.15, 0.2) is 5.78 Å². The van der Waals surface area contributed by atoms with Crippen LogP contribution in [0.3, 0.4) is 0 Å². The molecule has 2 heteroatoms. The maximum absolute atomic E-state index is 11.2. The van der Waals surface area contributed by atoms with Gasteiger partial charge in [0.25, 0.3) is 0 Å². The SMILES string of the molecule is CCOc1c(C)cccc1C(C)=O. The highest BCUT2D eigenvalue weighted by molar-refractivity contribution is 5.97. The molecule has 0 saturated carbocycles. The Kier molecular flexibility index (Phi) is 3.07. The van der Waals surface area contributed by atoms with Crippen molar-refractivity contribution in [3.63, 3.8) is 0 Å². The first kappa shape index (κ1) is 9.78. The lowest BCUT2D eigenvalue weighted by molar-refractivity contribution is 0.101. The second kappa shape index (κ2) is 4.08. The zero-order valence-electron chi connectivity index (χ0n) is 8.26. The molecule has 0 N–H and O–H groups in total. The van der Waals surface area contributed by atoms with E-state index >= 15 is 0 Å². The van der Waals surface area contributed by atoms with Gasteiger partial charge in [0.05, 0.1) is 12.2 Å². The van der Waals surface area contributed by atoms with E-state index in [2.05, 4.69) is 0 Å². The number of ketones is 1. The van der Waals surface area contributed by atoms with Gasteiger partial charge in [0.1, 0.15) is 5.75 Å². The first-order chi connectivity index (χ1) is 6.16. The molecule has 0 aliphatic heterocycles. The smallest absolute Gasteiger partial charge is 0.163 e. The first-order valence-corrected chi connectivity index (χ1v) is 4.40. The van der Waals surface area contributed by atoms with Gasteiger partial charge in [-0.3, -0.25) is 4.79 Å². The summed E-state index contributed by atoms with van der Waals surface area (Å²) in [5.41, 5.74) is 1.68. The van der Waals surface area contributed by atoms with Crippen molar-refractivity contribution in [2.24, 2.45) is 0 Å². The Labute approximate surface area is 78.5 Å². The highest BCUT2D eigenvalue weighted by Gasteiger charge is 2.09. The van der Waals surface area contributed by atoms with Crippen LogP contribution in [-0.2, 0) is 0 Å². The molecule has 1 rings (SSSR count). The number of hydrogen-bond donors (Lipinski definition) is 0. The lowest BCUT2D eigenvalue weighted by Crippen LogP contribution is -2.02. The van der Waals surface area contributed by atoms with Crippen molar-refractivity contribution in [3.05, 3.63) is 29.3 Å². The minimum Gasteiger partial charge on any atom is -0.493 e. The third-order valence-electron chi connectivity index (χ3n) is 1.88. The molecule has 0 unspecified atom stereocenters. The average molecular weight is 178 g/mol. The van der Waals surface area contributed by atoms with Gasteiger partial charge in [-0.15, -0.1) is 0 Å². The van der Waals surface area contributed by atoms with E-state index in [0.29, 0.717) is 12.2 Å². The second-order valence-electron chi connectivity index (χ2n) is 2.94. The van der Waals surface area contributed by atoms with Crippen molar-refractivity contribution in [1.29, 1.82) is 0 Å². The predicted octanol–water partition coefficient (Wildman–Crippen LogP) is 2.60. The van der Waals surface area contributed by atoms with Crippen LogP contribution in [0.15, 0.2) is 18.2 Å². The van der Waals surface area contributed by atoms with E-state index in [1.54, 1.807) is 13.0 Å². The van der Waals surface area contributed by atoms with E-state index in [0.717, 1.165) is 11.3 Å². The Morgan fingerprint density at radius 2 is 2.15 bits per heavy atom. The number of hydrogen-bond acceptors (Lipinski definition) is 2. The molecular formula is C11H14O2. The van der Waals surface area contributed by atoms with Gasteiger partial charge in [-0.25, -0.2) is 0 Å². The van der Waals surface area contributed by atoms with Gasteiger partial charge in [-0.1, -0.05) is 12.1 Å². The third-order valence-corrected chi connectivity index (χ3v) is 1.88. The van der Waals surface area contributed by atoms with Crippen LogP contribution in [0.4, 0.5) is 0 Å². The number of aryl methyl sites for hydroxylation is 1. The normalized spacial score (nSPS) is 9.77. The molecule has 0 atom stereocenters. The lowest BCUT2D eigenvalue weighted by atomic mass is 10.1. The van der Waals surface area contributed by atoms with Gasteiger partial charge in [0.2, 0.25) is 0 Å². The summed E-state index contributed by atoms with van der Waals surface area (Å²) < 4.78 is 5.41. The summed E-state index contributed by atoms with van der Waals surface area (Å²) in [7, 11) is 0. The summed E-state index contributed by atoms with van der Waals surface area (Å²) in [5.74, 6) is 0.768. The molecule has 0 bridgehead atoms. The van der Waals surface area contributed by atoms with Crippen molar-refractivity contribution < 1.29 is 9.53 Å². The maximum Gasteiger partial charge on any atom is 0.163 e. The Hall–Kier alpha value is -1.31. The van der Waals surface area contributed by atoms with Crippen LogP contribution in [0.25, 0.3) is 0 Å². The fraction of sp³-hybridized carbons (Fsp3) is 0.364. The quantitative estimate of drug-likeness (QED) is 0.665. The van der Waals surface area contributed by atoms with Crippen LogP contribution in [0.5, 0.6) is 5.75 Å². The monoisotopic (exact) mass is 178 g/mol. The molecule has 2 nitrogen and oxygen atoms in total. The van der Waals surface area contributed by atoms with E-state index in [1.807, 2.05) is 26.0 Å². The van der Waals surface area contributed by atoms with Crippen molar-refractivity contribution in [1.82, 2.24) is 0 Å². The summed E-state index contributed by atoms with van der Waals surface area (Å²) in [6.07, 6.45) is 0. The summed E-state index contributed by atoms with van der Waals surface area (Å²) >= 11 is 0. The molecule has 0 aliphatic rings. The van der Waals surface area contributed by atoms with Crippen molar-refractivity contribution in [3.8, 4) is 5.75 Å². The molecule has 0 heterocycles. The number of ether oxygens (including phenoxy) is 1. The highest BCUT2D eigenvalue weighted by Crippen LogP contribution is 2.23. The molecule has 0 aromatic heterocycles. The molecule has 0 amide bonds. The van der Waals surface area contributed by atoms with E-state index < -0.39 is 0 Å². The molecule has 0 fully saturated rings. The van der Waals surface area contributed by atoms with Crippen LogP contribution in [0.2, 0.25) is 0 Å². The second-order valence-corrected chi connectivity index (χ2v) is 2.94. The first-order valence-electron chi connectivity index (χ1n) is 4.40. The van der Waals surface area contributed by atoms with Crippen molar-refractivity contribution in [2.75, 3.05) is 6.61 Å². The van der Waals surface area contributed by atoms with Gasteiger partial charge < -0.3 is 4.74 Å². The van der Waals surface area contributed by atoms with Gasteiger partial charge in [-0.05, 0) is 32.4 Å². The highest BCUT2D eigenvalue weighted by atomic mass is 16.5. The van der Waals surface area contributed by atoms with E-state index in [9.17, 15) is 4.79 Å². The molecule has 1 aromatic carbocycles. The van der Waals surface area contributed by atoms with Gasteiger partial charge >= 0.3 is 0 Å². The molecule has 0 radical (unpaired) electrons. The number of Topliss-reactive ketones (excluding diaryl/α,β-unsaturated/α-hetero) is 1.